The monoisotopic (exact) mass is 290 g/mol. The molecule has 2 N–H and O–H groups in total. The number of rotatable bonds is 2. The molecule has 0 saturated carbocycles. The van der Waals surface area contributed by atoms with Crippen molar-refractivity contribution in [1.29, 1.82) is 0 Å². The maximum atomic E-state index is 5.76. The molecule has 0 aliphatic carbocycles. The van der Waals surface area contributed by atoms with Crippen molar-refractivity contribution >= 4 is 27.3 Å². The summed E-state index contributed by atoms with van der Waals surface area (Å²) in [6, 6.07) is 15.8. The van der Waals surface area contributed by atoms with Crippen molar-refractivity contribution in [2.24, 2.45) is 0 Å². The molecule has 3 nitrogen and oxygen atoms in total. The minimum atomic E-state index is -0.221. The van der Waals surface area contributed by atoms with E-state index in [2.05, 4.69) is 26.6 Å². The number of fused-ring (bicyclic) bond motifs is 1. The van der Waals surface area contributed by atoms with Crippen LogP contribution in [0, 0.1) is 0 Å². The first-order valence-corrected chi connectivity index (χ1v) is 6.15. The predicted octanol–water partition coefficient (Wildman–Crippen LogP) is 3.65. The topological polar surface area (TPSA) is 33.3 Å². The van der Waals surface area contributed by atoms with Gasteiger partial charge in [0.15, 0.2) is 0 Å². The summed E-state index contributed by atoms with van der Waals surface area (Å²) in [7, 11) is 0. The van der Waals surface area contributed by atoms with Crippen molar-refractivity contribution in [2.75, 3.05) is 10.6 Å². The van der Waals surface area contributed by atoms with Crippen LogP contribution in [0.1, 0.15) is 0 Å². The Bertz CT molecular complexity index is 530. The molecule has 1 aliphatic rings. The normalized spacial score (nSPS) is 16.9. The Morgan fingerprint density at radius 1 is 0.941 bits per heavy atom. The molecule has 86 valence electrons. The Morgan fingerprint density at radius 3 is 2.53 bits per heavy atom. The first kappa shape index (κ1) is 10.5. The van der Waals surface area contributed by atoms with Gasteiger partial charge >= 0.3 is 0 Å². The van der Waals surface area contributed by atoms with Gasteiger partial charge in [-0.2, -0.15) is 0 Å². The number of benzene rings is 2. The third-order valence-corrected chi connectivity index (χ3v) is 3.05. The fraction of sp³-hybridized carbons (Fsp3) is 0.0769. The summed E-state index contributed by atoms with van der Waals surface area (Å²) in [6.07, 6.45) is -0.221. The van der Waals surface area contributed by atoms with Crippen molar-refractivity contribution in [3.05, 3.63) is 53.0 Å². The highest BCUT2D eigenvalue weighted by atomic mass is 79.9. The van der Waals surface area contributed by atoms with Gasteiger partial charge in [-0.25, -0.2) is 0 Å². The third kappa shape index (κ3) is 2.22. The fourth-order valence-electron chi connectivity index (χ4n) is 1.77. The van der Waals surface area contributed by atoms with Gasteiger partial charge in [-0.1, -0.05) is 34.1 Å². The van der Waals surface area contributed by atoms with Gasteiger partial charge in [0.25, 0.3) is 0 Å². The zero-order valence-corrected chi connectivity index (χ0v) is 10.6. The standard InChI is InChI=1S/C13H11BrN2O/c14-9-6-7-11-12(8-9)16-13(15-11)17-10-4-2-1-3-5-10/h1-8,13,15-16H. The van der Waals surface area contributed by atoms with E-state index < -0.39 is 0 Å². The first-order chi connectivity index (χ1) is 8.31. The number of hydrogen-bond acceptors (Lipinski definition) is 3. The third-order valence-electron chi connectivity index (χ3n) is 2.55. The van der Waals surface area contributed by atoms with Gasteiger partial charge < -0.3 is 15.4 Å². The van der Waals surface area contributed by atoms with E-state index in [4.69, 9.17) is 4.74 Å². The van der Waals surface area contributed by atoms with E-state index in [1.807, 2.05) is 48.5 Å². The molecule has 0 amide bonds. The van der Waals surface area contributed by atoms with Gasteiger partial charge in [0.1, 0.15) is 5.75 Å². The van der Waals surface area contributed by atoms with Crippen LogP contribution in [0.4, 0.5) is 11.4 Å². The molecule has 1 unspecified atom stereocenters. The lowest BCUT2D eigenvalue weighted by atomic mass is 10.3. The summed E-state index contributed by atoms with van der Waals surface area (Å²) < 4.78 is 6.81. The lowest BCUT2D eigenvalue weighted by Crippen LogP contribution is -2.28. The highest BCUT2D eigenvalue weighted by molar-refractivity contribution is 9.10. The average molecular weight is 291 g/mol. The van der Waals surface area contributed by atoms with Crippen molar-refractivity contribution in [3.8, 4) is 5.75 Å². The van der Waals surface area contributed by atoms with Gasteiger partial charge in [-0.05, 0) is 30.3 Å². The van der Waals surface area contributed by atoms with E-state index in [-0.39, 0.29) is 6.35 Å². The van der Waals surface area contributed by atoms with Crippen molar-refractivity contribution in [3.63, 3.8) is 0 Å². The molecular formula is C13H11BrN2O. The smallest absolute Gasteiger partial charge is 0.248 e. The molecule has 4 heteroatoms. The Labute approximate surface area is 108 Å². The minimum Gasteiger partial charge on any atom is -0.453 e. The van der Waals surface area contributed by atoms with Gasteiger partial charge in [0.2, 0.25) is 6.35 Å². The lowest BCUT2D eigenvalue weighted by Gasteiger charge is -2.14. The molecule has 0 aromatic heterocycles. The van der Waals surface area contributed by atoms with Crippen molar-refractivity contribution in [1.82, 2.24) is 0 Å². The van der Waals surface area contributed by atoms with Crippen LogP contribution >= 0.6 is 15.9 Å². The van der Waals surface area contributed by atoms with Gasteiger partial charge in [-0.15, -0.1) is 0 Å². The van der Waals surface area contributed by atoms with Crippen LogP contribution in [0.15, 0.2) is 53.0 Å². The maximum Gasteiger partial charge on any atom is 0.248 e. The molecule has 17 heavy (non-hydrogen) atoms. The maximum absolute atomic E-state index is 5.76. The van der Waals surface area contributed by atoms with Crippen LogP contribution < -0.4 is 15.4 Å². The quantitative estimate of drug-likeness (QED) is 0.886. The van der Waals surface area contributed by atoms with Crippen LogP contribution in [0.3, 0.4) is 0 Å². The zero-order valence-electron chi connectivity index (χ0n) is 8.98. The summed E-state index contributed by atoms with van der Waals surface area (Å²) in [5.74, 6) is 0.837. The number of ether oxygens (including phenoxy) is 1. The number of nitrogens with one attached hydrogen (secondary N) is 2. The molecule has 0 bridgehead atoms. The summed E-state index contributed by atoms with van der Waals surface area (Å²) in [5, 5.41) is 6.52. The predicted molar refractivity (Wildman–Crippen MR) is 72.2 cm³/mol. The van der Waals surface area contributed by atoms with Crippen LogP contribution in [-0.4, -0.2) is 6.35 Å². The van der Waals surface area contributed by atoms with E-state index in [1.165, 1.54) is 0 Å². The molecule has 3 rings (SSSR count). The molecule has 1 heterocycles. The minimum absolute atomic E-state index is 0.221. The van der Waals surface area contributed by atoms with Crippen LogP contribution in [0.25, 0.3) is 0 Å². The second-order valence-electron chi connectivity index (χ2n) is 3.79. The Morgan fingerprint density at radius 2 is 1.71 bits per heavy atom. The molecular weight excluding hydrogens is 280 g/mol. The summed E-state index contributed by atoms with van der Waals surface area (Å²) in [6.45, 7) is 0. The molecule has 2 aromatic rings. The first-order valence-electron chi connectivity index (χ1n) is 5.35. The second kappa shape index (κ2) is 4.30. The van der Waals surface area contributed by atoms with E-state index >= 15 is 0 Å². The highest BCUT2D eigenvalue weighted by Gasteiger charge is 2.20. The molecule has 0 radical (unpaired) electrons. The Hall–Kier alpha value is -1.68. The van der Waals surface area contributed by atoms with E-state index in [0.29, 0.717) is 0 Å². The van der Waals surface area contributed by atoms with Crippen molar-refractivity contribution < 1.29 is 4.74 Å². The van der Waals surface area contributed by atoms with Crippen LogP contribution in [-0.2, 0) is 0 Å². The SMILES string of the molecule is Brc1ccc2c(c1)NC(Oc1ccccc1)N2. The van der Waals surface area contributed by atoms with E-state index in [1.54, 1.807) is 0 Å². The van der Waals surface area contributed by atoms with Gasteiger partial charge in [0.05, 0.1) is 11.4 Å². The molecule has 0 spiro atoms. The molecule has 0 saturated heterocycles. The fourth-order valence-corrected chi connectivity index (χ4v) is 2.14. The number of para-hydroxylation sites is 1. The average Bonchev–Trinajstić information content (AvgIpc) is 2.71. The van der Waals surface area contributed by atoms with Crippen LogP contribution in [0.5, 0.6) is 5.75 Å². The summed E-state index contributed by atoms with van der Waals surface area (Å²) in [5.41, 5.74) is 2.09. The number of hydrogen-bond donors (Lipinski definition) is 2. The summed E-state index contributed by atoms with van der Waals surface area (Å²) >= 11 is 3.44. The zero-order chi connectivity index (χ0) is 11.7. The number of halogens is 1. The van der Waals surface area contributed by atoms with E-state index in [9.17, 15) is 0 Å². The Balaban J connectivity index is 1.74. The van der Waals surface area contributed by atoms with Gasteiger partial charge in [0, 0.05) is 4.47 Å². The largest absolute Gasteiger partial charge is 0.453 e. The summed E-state index contributed by atoms with van der Waals surface area (Å²) in [4.78, 5) is 0. The van der Waals surface area contributed by atoms with Crippen LogP contribution in [0.2, 0.25) is 0 Å². The Kier molecular flexibility index (Phi) is 2.65. The second-order valence-corrected chi connectivity index (χ2v) is 4.71. The molecule has 1 atom stereocenters. The van der Waals surface area contributed by atoms with Gasteiger partial charge in [-0.3, -0.25) is 0 Å². The molecule has 0 fully saturated rings. The number of anilines is 2. The molecule has 1 aliphatic heterocycles. The van der Waals surface area contributed by atoms with Crippen molar-refractivity contribution in [2.45, 2.75) is 6.35 Å². The highest BCUT2D eigenvalue weighted by Crippen LogP contribution is 2.32. The molecule has 2 aromatic carbocycles. The lowest BCUT2D eigenvalue weighted by molar-refractivity contribution is 0.264. The van der Waals surface area contributed by atoms with E-state index in [0.717, 1.165) is 21.6 Å².